The normalized spacial score (nSPS) is 25.2. The van der Waals surface area contributed by atoms with Crippen molar-refractivity contribution in [2.24, 2.45) is 0 Å². The molecule has 4 heteroatoms. The van der Waals surface area contributed by atoms with E-state index in [0.29, 0.717) is 13.1 Å². The third-order valence-electron chi connectivity index (χ3n) is 1.54. The highest BCUT2D eigenvalue weighted by Gasteiger charge is 2.28. The lowest BCUT2D eigenvalue weighted by molar-refractivity contribution is 0.0948. The smallest absolute Gasteiger partial charge is 0.410 e. The Balaban J connectivity index is 2.44. The first-order chi connectivity index (χ1) is 4.77. The van der Waals surface area contributed by atoms with Crippen LogP contribution in [-0.4, -0.2) is 41.9 Å². The van der Waals surface area contributed by atoms with Crippen molar-refractivity contribution < 1.29 is 14.6 Å². The summed E-state index contributed by atoms with van der Waals surface area (Å²) in [5.74, 6) is 0. The third-order valence-corrected chi connectivity index (χ3v) is 1.54. The van der Waals surface area contributed by atoms with E-state index in [1.807, 2.05) is 6.92 Å². The minimum Gasteiger partial charge on any atom is -0.442 e. The molecular formula is C6H11NO3. The Bertz CT molecular complexity index is 137. The zero-order valence-corrected chi connectivity index (χ0v) is 5.91. The van der Waals surface area contributed by atoms with Crippen LogP contribution in [-0.2, 0) is 4.74 Å². The molecule has 1 aliphatic heterocycles. The number of aliphatic hydroxyl groups is 1. The molecule has 1 aliphatic rings. The van der Waals surface area contributed by atoms with Crippen molar-refractivity contribution in [2.75, 3.05) is 19.7 Å². The molecule has 1 fully saturated rings. The fourth-order valence-corrected chi connectivity index (χ4v) is 0.928. The van der Waals surface area contributed by atoms with Crippen LogP contribution in [0.1, 0.15) is 6.92 Å². The monoisotopic (exact) mass is 145 g/mol. The van der Waals surface area contributed by atoms with Gasteiger partial charge in [0.05, 0.1) is 13.2 Å². The minimum absolute atomic E-state index is 0.0811. The lowest BCUT2D eigenvalue weighted by atomic mass is 10.4. The third kappa shape index (κ3) is 1.21. The van der Waals surface area contributed by atoms with Crippen molar-refractivity contribution >= 4 is 6.09 Å². The zero-order valence-electron chi connectivity index (χ0n) is 5.91. The van der Waals surface area contributed by atoms with Gasteiger partial charge in [-0.25, -0.2) is 4.79 Å². The molecule has 0 radical (unpaired) electrons. The summed E-state index contributed by atoms with van der Waals surface area (Å²) >= 11 is 0. The lowest BCUT2D eigenvalue weighted by Crippen LogP contribution is -2.25. The van der Waals surface area contributed by atoms with Crippen LogP contribution < -0.4 is 0 Å². The summed E-state index contributed by atoms with van der Waals surface area (Å²) < 4.78 is 4.75. The number of amides is 1. The predicted molar refractivity (Wildman–Crippen MR) is 34.6 cm³/mol. The van der Waals surface area contributed by atoms with Crippen molar-refractivity contribution in [3.63, 3.8) is 0 Å². The summed E-state index contributed by atoms with van der Waals surface area (Å²) in [4.78, 5) is 12.3. The van der Waals surface area contributed by atoms with Gasteiger partial charge < -0.3 is 14.7 Å². The van der Waals surface area contributed by atoms with Crippen LogP contribution in [0.15, 0.2) is 0 Å². The van der Waals surface area contributed by atoms with Gasteiger partial charge in [-0.2, -0.15) is 0 Å². The molecule has 0 saturated carbocycles. The van der Waals surface area contributed by atoms with E-state index < -0.39 is 0 Å². The highest BCUT2D eigenvalue weighted by atomic mass is 16.6. The average molecular weight is 145 g/mol. The topological polar surface area (TPSA) is 49.8 Å². The van der Waals surface area contributed by atoms with Crippen molar-refractivity contribution in [1.29, 1.82) is 0 Å². The second-order valence-electron chi connectivity index (χ2n) is 2.23. The number of carbonyl (C=O) groups is 1. The van der Waals surface area contributed by atoms with E-state index in [2.05, 4.69) is 0 Å². The number of likely N-dealkylation sites (N-methyl/N-ethyl adjacent to an activating group) is 1. The molecule has 0 aliphatic carbocycles. The fraction of sp³-hybridized carbons (Fsp3) is 0.833. The van der Waals surface area contributed by atoms with Gasteiger partial charge in [0.25, 0.3) is 0 Å². The quantitative estimate of drug-likeness (QED) is 0.586. The highest BCUT2D eigenvalue weighted by molar-refractivity contribution is 5.69. The van der Waals surface area contributed by atoms with Gasteiger partial charge in [-0.1, -0.05) is 0 Å². The number of hydrogen-bond donors (Lipinski definition) is 1. The second kappa shape index (κ2) is 2.88. The van der Waals surface area contributed by atoms with Crippen molar-refractivity contribution in [2.45, 2.75) is 13.0 Å². The Morgan fingerprint density at radius 2 is 2.60 bits per heavy atom. The molecule has 0 aromatic heterocycles. The highest BCUT2D eigenvalue weighted by Crippen LogP contribution is 2.08. The van der Waals surface area contributed by atoms with Crippen molar-refractivity contribution in [3.8, 4) is 0 Å². The molecule has 0 aromatic carbocycles. The molecule has 0 unspecified atom stereocenters. The predicted octanol–water partition coefficient (Wildman–Crippen LogP) is -0.181. The average Bonchev–Trinajstić information content (AvgIpc) is 2.30. The van der Waals surface area contributed by atoms with E-state index in [0.717, 1.165) is 0 Å². The van der Waals surface area contributed by atoms with Gasteiger partial charge in [-0.05, 0) is 6.92 Å². The lowest BCUT2D eigenvalue weighted by Gasteiger charge is -2.06. The minimum atomic E-state index is -0.318. The Morgan fingerprint density at radius 1 is 1.90 bits per heavy atom. The SMILES string of the molecule is CCN1C[C@@H](CO)OC1=O. The molecular weight excluding hydrogens is 134 g/mol. The summed E-state index contributed by atoms with van der Waals surface area (Å²) in [7, 11) is 0. The van der Waals surface area contributed by atoms with Crippen molar-refractivity contribution in [3.05, 3.63) is 0 Å². The van der Waals surface area contributed by atoms with Crippen LogP contribution in [0, 0.1) is 0 Å². The zero-order chi connectivity index (χ0) is 7.56. The molecule has 1 rings (SSSR count). The van der Waals surface area contributed by atoms with Gasteiger partial charge in [-0.15, -0.1) is 0 Å². The maximum absolute atomic E-state index is 10.8. The summed E-state index contributed by atoms with van der Waals surface area (Å²) in [6.07, 6.45) is -0.631. The Labute approximate surface area is 59.4 Å². The van der Waals surface area contributed by atoms with Gasteiger partial charge in [0, 0.05) is 6.54 Å². The molecule has 0 spiro atoms. The van der Waals surface area contributed by atoms with Crippen molar-refractivity contribution in [1.82, 2.24) is 4.90 Å². The van der Waals surface area contributed by atoms with E-state index in [-0.39, 0.29) is 18.8 Å². The number of cyclic esters (lactones) is 1. The van der Waals surface area contributed by atoms with Gasteiger partial charge in [0.2, 0.25) is 0 Å². The van der Waals surface area contributed by atoms with Gasteiger partial charge >= 0.3 is 6.09 Å². The number of carbonyl (C=O) groups excluding carboxylic acids is 1. The number of ether oxygens (including phenoxy) is 1. The van der Waals surface area contributed by atoms with Crippen LogP contribution in [0.2, 0.25) is 0 Å². The van der Waals surface area contributed by atoms with E-state index >= 15 is 0 Å². The maximum atomic E-state index is 10.8. The Kier molecular flexibility index (Phi) is 2.11. The summed E-state index contributed by atoms with van der Waals surface area (Å²) in [5, 5.41) is 8.59. The van der Waals surface area contributed by atoms with Crippen LogP contribution in [0.4, 0.5) is 4.79 Å². The summed E-state index contributed by atoms with van der Waals surface area (Å²) in [6.45, 7) is 2.96. The molecule has 1 heterocycles. The van der Waals surface area contributed by atoms with E-state index in [4.69, 9.17) is 9.84 Å². The number of rotatable bonds is 2. The number of nitrogens with zero attached hydrogens (tertiary/aromatic N) is 1. The largest absolute Gasteiger partial charge is 0.442 e. The molecule has 1 amide bonds. The van der Waals surface area contributed by atoms with Crippen LogP contribution >= 0.6 is 0 Å². The van der Waals surface area contributed by atoms with Gasteiger partial charge in [0.1, 0.15) is 6.10 Å². The standard InChI is InChI=1S/C6H11NO3/c1-2-7-3-5(4-8)10-6(7)9/h5,8H,2-4H2,1H3/t5-/m0/s1. The summed E-state index contributed by atoms with van der Waals surface area (Å²) in [5.41, 5.74) is 0. The van der Waals surface area contributed by atoms with Crippen LogP contribution in [0.3, 0.4) is 0 Å². The molecule has 58 valence electrons. The number of aliphatic hydroxyl groups excluding tert-OH is 1. The first-order valence-corrected chi connectivity index (χ1v) is 3.34. The molecule has 1 saturated heterocycles. The van der Waals surface area contributed by atoms with E-state index in [1.54, 1.807) is 4.90 Å². The van der Waals surface area contributed by atoms with Gasteiger partial charge in [-0.3, -0.25) is 0 Å². The molecule has 1 N–H and O–H groups in total. The maximum Gasteiger partial charge on any atom is 0.410 e. The van der Waals surface area contributed by atoms with E-state index in [9.17, 15) is 4.79 Å². The van der Waals surface area contributed by atoms with E-state index in [1.165, 1.54) is 0 Å². The molecule has 10 heavy (non-hydrogen) atoms. The Hall–Kier alpha value is -0.770. The summed E-state index contributed by atoms with van der Waals surface area (Å²) in [6, 6.07) is 0. The molecule has 4 nitrogen and oxygen atoms in total. The Morgan fingerprint density at radius 3 is 2.90 bits per heavy atom. The second-order valence-corrected chi connectivity index (χ2v) is 2.23. The molecule has 0 aromatic rings. The van der Waals surface area contributed by atoms with Gasteiger partial charge in [0.15, 0.2) is 0 Å². The van der Waals surface area contributed by atoms with Crippen LogP contribution in [0.5, 0.6) is 0 Å². The molecule has 0 bridgehead atoms. The number of hydrogen-bond acceptors (Lipinski definition) is 3. The molecule has 1 atom stereocenters. The van der Waals surface area contributed by atoms with Crippen LogP contribution in [0.25, 0.3) is 0 Å². The fourth-order valence-electron chi connectivity index (χ4n) is 0.928. The first-order valence-electron chi connectivity index (χ1n) is 3.34. The first kappa shape index (κ1) is 7.34.